The summed E-state index contributed by atoms with van der Waals surface area (Å²) in [5.74, 6) is -6.48. The van der Waals surface area contributed by atoms with Gasteiger partial charge in [-0.25, -0.2) is 14.0 Å². The number of ether oxygens (including phenoxy) is 10. The van der Waals surface area contributed by atoms with Gasteiger partial charge in [-0.1, -0.05) is 0 Å². The summed E-state index contributed by atoms with van der Waals surface area (Å²) in [6, 6.07) is 15.1. The minimum atomic E-state index is -2.03. The molecule has 30 heteroatoms. The van der Waals surface area contributed by atoms with Crippen LogP contribution < -0.4 is 14.2 Å². The smallest absolute Gasteiger partial charge is 0.402 e. The van der Waals surface area contributed by atoms with E-state index in [0.717, 1.165) is 30.3 Å². The molecule has 5 heterocycles. The number of carbonyl (C=O) groups is 2. The maximum absolute atomic E-state index is 13.2. The Morgan fingerprint density at radius 3 is 1.42 bits per heavy atom. The van der Waals surface area contributed by atoms with E-state index in [9.17, 15) is 96.4 Å². The molecule has 4 aliphatic heterocycles. The van der Waals surface area contributed by atoms with Gasteiger partial charge in [0, 0.05) is 24.3 Å². The van der Waals surface area contributed by atoms with Crippen molar-refractivity contribution >= 4 is 22.9 Å². The third kappa shape index (κ3) is 12.9. The van der Waals surface area contributed by atoms with Crippen LogP contribution in [0.2, 0.25) is 0 Å². The first-order chi connectivity index (χ1) is 39.4. The van der Waals surface area contributed by atoms with Crippen molar-refractivity contribution in [2.75, 3.05) is 19.8 Å². The Bertz CT molecular complexity index is 3050. The van der Waals surface area contributed by atoms with Gasteiger partial charge < -0.3 is 134 Å². The lowest BCUT2D eigenvalue weighted by molar-refractivity contribution is -0.318. The van der Waals surface area contributed by atoms with Gasteiger partial charge in [-0.05, 0) is 55.5 Å². The van der Waals surface area contributed by atoms with Crippen molar-refractivity contribution in [2.24, 2.45) is 0 Å². The predicted octanol–water partition coefficient (Wildman–Crippen LogP) is -2.97. The van der Waals surface area contributed by atoms with Gasteiger partial charge >= 0.3 is 23.3 Å². The second-order valence-corrected chi connectivity index (χ2v) is 19.8. The maximum Gasteiger partial charge on any atom is 0.402 e. The SMILES string of the molecule is C[C@H]1O[C@@H](OC[C@H]2O[C@@H](Oc3cc4c(O)cc(O[C@@H]5O[C@@H](COC(=O)c6ccc(O[C@@H]7O[C@H](COC(=O)c8ccc(O)cc8)[C@@H](O)[C@H](O)[C@H]7O)cc6)[C@@H](O)[C@H](O)[C@H]5O)cc4[o+]c3-c3cc(O)c(O)c(O)c3)[C@H](O)[C@H](O)[C@@H]2O)[C@@H](O)[C@H](O)[C@H]1O. The van der Waals surface area contributed by atoms with Crippen LogP contribution in [-0.2, 0) is 33.2 Å². The highest BCUT2D eigenvalue weighted by atomic mass is 16.7. The minimum absolute atomic E-state index is 0.0170. The Kier molecular flexibility index (Phi) is 18.3. The van der Waals surface area contributed by atoms with Gasteiger partial charge in [0.2, 0.25) is 24.6 Å². The van der Waals surface area contributed by atoms with Crippen molar-refractivity contribution in [3.8, 4) is 57.3 Å². The van der Waals surface area contributed by atoms with Crippen LogP contribution in [0.4, 0.5) is 0 Å². The zero-order valence-corrected chi connectivity index (χ0v) is 43.1. The Labute approximate surface area is 467 Å². The number of phenols is 5. The molecular weight excluding hydrogens is 1120 g/mol. The van der Waals surface area contributed by atoms with Gasteiger partial charge in [0.1, 0.15) is 133 Å². The van der Waals surface area contributed by atoms with E-state index in [4.69, 9.17) is 51.8 Å². The monoisotopic (exact) mass is 1180 g/mol. The number of esters is 2. The molecule has 4 aliphatic rings. The van der Waals surface area contributed by atoms with Crippen molar-refractivity contribution in [1.29, 1.82) is 0 Å². The number of aromatic hydroxyl groups is 5. The number of aliphatic hydroxyl groups excluding tert-OH is 12. The standard InChI is InChI=1S/C53H58O30/c1-18-34(58)39(63)43(67)50(76-18)75-17-33-38(62)42(66)46(70)53(83-33)80-30-14-25-26(55)12-24(13-29(25)79-47(30)21-10-27(56)35(59)28(57)11-21)78-52-45(69)41(65)37(61)32(82-52)16-74-49(72)20-4-8-23(9-5-20)77-51-44(68)40(64)36(60)31(81-51)15-73-48(71)19-2-6-22(54)7-3-19/h2-14,18,31-34,36-46,50-53,58,60-70H,15-17H2,1H3,(H4-,54,55,56,57,59,71)/p+1/t18-,31-,32+,33-,34+,36-,37-,38-,39-,40+,41+,42-,43+,44-,45-,46-,50-,51-,52-,53-/m1/s1. The molecular formula is C53H59O30+. The third-order valence-electron chi connectivity index (χ3n) is 14.1. The molecule has 0 bridgehead atoms. The van der Waals surface area contributed by atoms with E-state index in [-0.39, 0.29) is 44.9 Å². The lowest BCUT2D eigenvalue weighted by Gasteiger charge is -2.42. The summed E-state index contributed by atoms with van der Waals surface area (Å²) in [5.41, 5.74) is -0.547. The Balaban J connectivity index is 0.865. The van der Waals surface area contributed by atoms with Crippen LogP contribution in [0.15, 0.2) is 83.3 Å². The summed E-state index contributed by atoms with van der Waals surface area (Å²) in [7, 11) is 0. The number of rotatable bonds is 16. The summed E-state index contributed by atoms with van der Waals surface area (Å²) in [5, 5.41) is 179. The molecule has 0 aliphatic carbocycles. The molecule has 30 nitrogen and oxygen atoms in total. The van der Waals surface area contributed by atoms with E-state index in [2.05, 4.69) is 0 Å². The first-order valence-corrected chi connectivity index (χ1v) is 25.4. The lowest BCUT2D eigenvalue weighted by atomic mass is 9.98. The van der Waals surface area contributed by atoms with Gasteiger partial charge in [0.25, 0.3) is 0 Å². The van der Waals surface area contributed by atoms with Crippen LogP contribution in [0.5, 0.6) is 46.0 Å². The molecule has 0 radical (unpaired) electrons. The van der Waals surface area contributed by atoms with Gasteiger partial charge in [0.15, 0.2) is 23.5 Å². The van der Waals surface area contributed by atoms with Gasteiger partial charge in [-0.15, -0.1) is 0 Å². The third-order valence-corrected chi connectivity index (χ3v) is 14.1. The zero-order chi connectivity index (χ0) is 59.9. The number of carbonyl (C=O) groups excluding carboxylic acids is 2. The molecule has 450 valence electrons. The normalized spacial score (nSPS) is 33.7. The number of fused-ring (bicyclic) bond motifs is 1. The molecule has 5 aromatic rings. The van der Waals surface area contributed by atoms with Crippen LogP contribution in [0.25, 0.3) is 22.3 Å². The van der Waals surface area contributed by atoms with Crippen molar-refractivity contribution in [3.63, 3.8) is 0 Å². The summed E-state index contributed by atoms with van der Waals surface area (Å²) in [6.45, 7) is -0.607. The minimum Gasteiger partial charge on any atom is -0.508 e. The molecule has 4 aromatic carbocycles. The number of phenolic OH excluding ortho intramolecular Hbond substituents is 5. The number of hydrogen-bond acceptors (Lipinski definition) is 29. The van der Waals surface area contributed by atoms with E-state index in [1.165, 1.54) is 55.5 Å². The summed E-state index contributed by atoms with van der Waals surface area (Å²) < 4.78 is 62.1. The largest absolute Gasteiger partial charge is 0.508 e. The average Bonchev–Trinajstić information content (AvgIpc) is 3.65. The fraction of sp³-hybridized carbons (Fsp3) is 0.453. The summed E-state index contributed by atoms with van der Waals surface area (Å²) in [6.07, 6.45) is -34.4. The summed E-state index contributed by atoms with van der Waals surface area (Å²) in [4.78, 5) is 25.7. The first kappa shape index (κ1) is 60.5. The molecule has 4 saturated heterocycles. The van der Waals surface area contributed by atoms with Gasteiger partial charge in [0.05, 0.1) is 35.5 Å². The Hall–Kier alpha value is -7.05. The van der Waals surface area contributed by atoms with E-state index in [1.807, 2.05) is 0 Å². The fourth-order valence-corrected chi connectivity index (χ4v) is 9.20. The zero-order valence-electron chi connectivity index (χ0n) is 43.1. The highest BCUT2D eigenvalue weighted by molar-refractivity contribution is 5.90. The lowest BCUT2D eigenvalue weighted by Crippen LogP contribution is -2.61. The molecule has 17 N–H and O–H groups in total. The van der Waals surface area contributed by atoms with Crippen molar-refractivity contribution in [2.45, 2.75) is 130 Å². The van der Waals surface area contributed by atoms with Crippen LogP contribution in [0.1, 0.15) is 27.6 Å². The number of benzene rings is 4. The molecule has 4 fully saturated rings. The van der Waals surface area contributed by atoms with Gasteiger partial charge in [-0.2, -0.15) is 0 Å². The van der Waals surface area contributed by atoms with Crippen LogP contribution in [0.3, 0.4) is 0 Å². The Morgan fingerprint density at radius 2 is 0.904 bits per heavy atom. The van der Waals surface area contributed by atoms with Crippen LogP contribution in [0, 0.1) is 0 Å². The molecule has 0 amide bonds. The Morgan fingerprint density at radius 1 is 0.458 bits per heavy atom. The van der Waals surface area contributed by atoms with E-state index >= 15 is 0 Å². The fourth-order valence-electron chi connectivity index (χ4n) is 9.20. The van der Waals surface area contributed by atoms with Crippen molar-refractivity contribution < 1.29 is 148 Å². The molecule has 83 heavy (non-hydrogen) atoms. The average molecular weight is 1180 g/mol. The number of aliphatic hydroxyl groups is 12. The first-order valence-electron chi connectivity index (χ1n) is 25.4. The second kappa shape index (κ2) is 25.0. The van der Waals surface area contributed by atoms with Gasteiger partial charge in [-0.3, -0.25) is 0 Å². The topological polar surface area (TPSA) is 482 Å². The molecule has 1 aromatic heterocycles. The second-order valence-electron chi connectivity index (χ2n) is 19.8. The molecule has 0 unspecified atom stereocenters. The number of hydrogen-bond donors (Lipinski definition) is 17. The molecule has 9 rings (SSSR count). The van der Waals surface area contributed by atoms with E-state index < -0.39 is 189 Å². The van der Waals surface area contributed by atoms with Crippen LogP contribution >= 0.6 is 0 Å². The van der Waals surface area contributed by atoms with Crippen molar-refractivity contribution in [3.05, 3.63) is 90.0 Å². The van der Waals surface area contributed by atoms with E-state index in [0.29, 0.717) is 0 Å². The molecule has 0 spiro atoms. The maximum atomic E-state index is 13.2. The van der Waals surface area contributed by atoms with Crippen molar-refractivity contribution in [1.82, 2.24) is 0 Å². The van der Waals surface area contributed by atoms with Crippen LogP contribution in [-0.4, -0.2) is 241 Å². The molecule has 20 atom stereocenters. The molecule has 0 saturated carbocycles. The highest BCUT2D eigenvalue weighted by Gasteiger charge is 2.50. The van der Waals surface area contributed by atoms with E-state index in [1.54, 1.807) is 0 Å². The highest BCUT2D eigenvalue weighted by Crippen LogP contribution is 2.45. The summed E-state index contributed by atoms with van der Waals surface area (Å²) >= 11 is 0. The predicted molar refractivity (Wildman–Crippen MR) is 268 cm³/mol. The quantitative estimate of drug-likeness (QED) is 0.0266.